The Morgan fingerprint density at radius 2 is 1.84 bits per heavy atom. The van der Waals surface area contributed by atoms with Crippen molar-refractivity contribution in [2.24, 2.45) is 0 Å². The third kappa shape index (κ3) is 3.86. The van der Waals surface area contributed by atoms with Crippen LogP contribution in [0.15, 0.2) is 40.8 Å². The lowest BCUT2D eigenvalue weighted by Crippen LogP contribution is -2.49. The highest BCUT2D eigenvalue weighted by Crippen LogP contribution is 2.37. The van der Waals surface area contributed by atoms with Crippen LogP contribution in [0.4, 0.5) is 24.5 Å². The van der Waals surface area contributed by atoms with E-state index < -0.39 is 22.4 Å². The number of furan rings is 1. The Morgan fingerprint density at radius 3 is 2.44 bits per heavy atom. The van der Waals surface area contributed by atoms with Crippen LogP contribution in [-0.4, -0.2) is 41.9 Å². The molecular weight excluding hydrogens is 451 g/mol. The zero-order chi connectivity index (χ0) is 23.2. The summed E-state index contributed by atoms with van der Waals surface area (Å²) in [6, 6.07) is 7.69. The molecule has 0 saturated carbocycles. The molecule has 1 amide bonds. The number of para-hydroxylation sites is 1. The maximum atomic E-state index is 13.0. The second kappa shape index (κ2) is 8.01. The molecule has 2 aromatic carbocycles. The summed E-state index contributed by atoms with van der Waals surface area (Å²) in [6.45, 7) is 2.65. The number of nitro benzene ring substituents is 1. The van der Waals surface area contributed by atoms with E-state index in [0.29, 0.717) is 22.2 Å². The molecule has 3 aromatic rings. The average molecular weight is 468 g/mol. The number of alkyl halides is 3. The second-order valence-corrected chi connectivity index (χ2v) is 7.82. The molecule has 0 unspecified atom stereocenters. The fraction of sp³-hybridized carbons (Fsp3) is 0.286. The number of piperazine rings is 1. The third-order valence-electron chi connectivity index (χ3n) is 5.52. The van der Waals surface area contributed by atoms with Gasteiger partial charge in [-0.2, -0.15) is 13.2 Å². The van der Waals surface area contributed by atoms with E-state index in [4.69, 9.17) is 16.0 Å². The van der Waals surface area contributed by atoms with Crippen LogP contribution in [0.1, 0.15) is 21.7 Å². The van der Waals surface area contributed by atoms with E-state index in [1.165, 1.54) is 0 Å². The molecule has 1 aromatic heterocycles. The summed E-state index contributed by atoms with van der Waals surface area (Å²) in [6.07, 6.45) is -4.68. The van der Waals surface area contributed by atoms with Gasteiger partial charge in [-0.05, 0) is 25.1 Å². The van der Waals surface area contributed by atoms with Gasteiger partial charge in [0.05, 0.1) is 15.5 Å². The molecule has 0 aliphatic carbocycles. The lowest BCUT2D eigenvalue weighted by Gasteiger charge is -2.35. The Balaban J connectivity index is 1.54. The number of hydrogen-bond donors (Lipinski definition) is 0. The molecule has 1 saturated heterocycles. The Labute approximate surface area is 185 Å². The molecule has 168 valence electrons. The molecule has 0 N–H and O–H groups in total. The van der Waals surface area contributed by atoms with Crippen LogP contribution >= 0.6 is 11.6 Å². The normalized spacial score (nSPS) is 14.8. The van der Waals surface area contributed by atoms with Crippen LogP contribution < -0.4 is 4.90 Å². The smallest absolute Gasteiger partial charge is 0.416 e. The minimum absolute atomic E-state index is 0.0850. The van der Waals surface area contributed by atoms with Crippen LogP contribution in [-0.2, 0) is 6.18 Å². The first kappa shape index (κ1) is 21.9. The summed E-state index contributed by atoms with van der Waals surface area (Å²) in [5, 5.41) is 12.5. The zero-order valence-electron chi connectivity index (χ0n) is 16.8. The minimum atomic E-state index is -4.68. The van der Waals surface area contributed by atoms with Crippen molar-refractivity contribution in [3.05, 3.63) is 68.4 Å². The lowest BCUT2D eigenvalue weighted by molar-refractivity contribution is -0.384. The lowest BCUT2D eigenvalue weighted by atomic mass is 10.1. The summed E-state index contributed by atoms with van der Waals surface area (Å²) in [4.78, 5) is 26.7. The Hall–Kier alpha value is -3.27. The number of benzene rings is 2. The highest BCUT2D eigenvalue weighted by Gasteiger charge is 2.35. The number of hydrogen-bond acceptors (Lipinski definition) is 5. The van der Waals surface area contributed by atoms with Crippen molar-refractivity contribution < 1.29 is 27.3 Å². The first-order valence-corrected chi connectivity index (χ1v) is 10.0. The highest BCUT2D eigenvalue weighted by molar-refractivity contribution is 6.35. The summed E-state index contributed by atoms with van der Waals surface area (Å²) in [5.41, 5.74) is -0.535. The number of aryl methyl sites for hydroxylation is 1. The number of amides is 1. The predicted octanol–water partition coefficient (Wildman–Crippen LogP) is 5.28. The topological polar surface area (TPSA) is 79.8 Å². The van der Waals surface area contributed by atoms with Gasteiger partial charge in [0.15, 0.2) is 11.3 Å². The molecule has 1 aliphatic rings. The van der Waals surface area contributed by atoms with Gasteiger partial charge >= 0.3 is 6.18 Å². The quantitative estimate of drug-likeness (QED) is 0.386. The molecule has 0 bridgehead atoms. The van der Waals surface area contributed by atoms with Gasteiger partial charge in [0.25, 0.3) is 11.6 Å². The predicted molar refractivity (Wildman–Crippen MR) is 112 cm³/mol. The van der Waals surface area contributed by atoms with Crippen LogP contribution in [0.25, 0.3) is 11.0 Å². The molecular formula is C21H17ClF3N3O4. The van der Waals surface area contributed by atoms with Gasteiger partial charge in [-0.15, -0.1) is 0 Å². The van der Waals surface area contributed by atoms with Crippen LogP contribution in [0, 0.1) is 17.0 Å². The van der Waals surface area contributed by atoms with Crippen molar-refractivity contribution in [1.29, 1.82) is 0 Å². The number of nitro groups is 1. The van der Waals surface area contributed by atoms with Crippen LogP contribution in [0.5, 0.6) is 0 Å². The van der Waals surface area contributed by atoms with E-state index in [1.807, 2.05) is 0 Å². The van der Waals surface area contributed by atoms with Gasteiger partial charge in [0.1, 0.15) is 5.69 Å². The van der Waals surface area contributed by atoms with Crippen molar-refractivity contribution in [3.8, 4) is 0 Å². The van der Waals surface area contributed by atoms with Crippen molar-refractivity contribution in [2.45, 2.75) is 13.1 Å². The molecule has 0 spiro atoms. The number of nitrogens with zero attached hydrogens (tertiary/aromatic N) is 3. The number of rotatable bonds is 3. The number of anilines is 1. The fourth-order valence-corrected chi connectivity index (χ4v) is 4.03. The molecule has 1 fully saturated rings. The second-order valence-electron chi connectivity index (χ2n) is 7.41. The molecule has 32 heavy (non-hydrogen) atoms. The third-order valence-corrected chi connectivity index (χ3v) is 5.81. The average Bonchev–Trinajstić information content (AvgIpc) is 3.10. The van der Waals surface area contributed by atoms with Gasteiger partial charge in [-0.25, -0.2) is 0 Å². The maximum Gasteiger partial charge on any atom is 0.416 e. The number of halogens is 4. The van der Waals surface area contributed by atoms with Crippen molar-refractivity contribution in [1.82, 2.24) is 4.90 Å². The maximum absolute atomic E-state index is 13.0. The van der Waals surface area contributed by atoms with Crippen molar-refractivity contribution >= 4 is 39.9 Å². The zero-order valence-corrected chi connectivity index (χ0v) is 17.5. The van der Waals surface area contributed by atoms with E-state index in [1.54, 1.807) is 34.9 Å². The van der Waals surface area contributed by atoms with Gasteiger partial charge in [-0.1, -0.05) is 23.7 Å². The van der Waals surface area contributed by atoms with E-state index in [0.717, 1.165) is 17.5 Å². The summed E-state index contributed by atoms with van der Waals surface area (Å²) >= 11 is 6.15. The Kier molecular flexibility index (Phi) is 5.49. The first-order chi connectivity index (χ1) is 15.1. The van der Waals surface area contributed by atoms with Crippen LogP contribution in [0.2, 0.25) is 5.02 Å². The Morgan fingerprint density at radius 1 is 1.16 bits per heavy atom. The number of carbonyl (C=O) groups is 1. The van der Waals surface area contributed by atoms with Crippen LogP contribution in [0.3, 0.4) is 0 Å². The minimum Gasteiger partial charge on any atom is -0.449 e. The summed E-state index contributed by atoms with van der Waals surface area (Å²) < 4.78 is 44.5. The number of fused-ring (bicyclic) bond motifs is 1. The van der Waals surface area contributed by atoms with Gasteiger partial charge in [0, 0.05) is 43.2 Å². The van der Waals surface area contributed by atoms with Crippen molar-refractivity contribution in [3.63, 3.8) is 0 Å². The van der Waals surface area contributed by atoms with Crippen molar-refractivity contribution in [2.75, 3.05) is 31.1 Å². The van der Waals surface area contributed by atoms with E-state index in [9.17, 15) is 28.1 Å². The molecule has 1 aliphatic heterocycles. The fourth-order valence-electron chi connectivity index (χ4n) is 3.82. The molecule has 11 heteroatoms. The SMILES string of the molecule is Cc1c(C(=O)N2CCN(c3ccc(C(F)(F)F)cc3[N+](=O)[O-])CC2)oc2c(Cl)cccc12. The van der Waals surface area contributed by atoms with Gasteiger partial charge in [-0.3, -0.25) is 14.9 Å². The monoisotopic (exact) mass is 467 g/mol. The van der Waals surface area contributed by atoms with E-state index in [2.05, 4.69) is 0 Å². The molecule has 4 rings (SSSR count). The van der Waals surface area contributed by atoms with Gasteiger partial charge < -0.3 is 14.2 Å². The molecule has 0 atom stereocenters. The Bertz CT molecular complexity index is 1220. The summed E-state index contributed by atoms with van der Waals surface area (Å²) in [7, 11) is 0. The largest absolute Gasteiger partial charge is 0.449 e. The van der Waals surface area contributed by atoms with Gasteiger partial charge in [0.2, 0.25) is 0 Å². The number of carbonyl (C=O) groups excluding carboxylic acids is 1. The standard InChI is InChI=1S/C21H17ClF3N3O4/c1-12-14-3-2-4-15(22)19(14)32-18(12)20(29)27-9-7-26(8-10-27)16-6-5-13(21(23,24)25)11-17(16)28(30)31/h2-6,11H,7-10H2,1H3. The summed E-state index contributed by atoms with van der Waals surface area (Å²) in [5.74, 6) is -0.168. The molecule has 2 heterocycles. The highest BCUT2D eigenvalue weighted by atomic mass is 35.5. The molecule has 0 radical (unpaired) electrons. The molecule has 7 nitrogen and oxygen atoms in total. The van der Waals surface area contributed by atoms with E-state index in [-0.39, 0.29) is 43.5 Å². The van der Waals surface area contributed by atoms with E-state index >= 15 is 0 Å². The first-order valence-electron chi connectivity index (χ1n) is 9.65.